The molecule has 0 spiro atoms. The fraction of sp³-hybridized carbons (Fsp3) is 0.250. The van der Waals surface area contributed by atoms with E-state index in [1.807, 2.05) is 6.92 Å². The molecule has 1 aromatic rings. The van der Waals surface area contributed by atoms with Crippen LogP contribution in [0, 0.1) is 6.92 Å². The van der Waals surface area contributed by atoms with E-state index in [0.29, 0.717) is 0 Å². The van der Waals surface area contributed by atoms with Gasteiger partial charge in [-0.05, 0) is 32.1 Å². The van der Waals surface area contributed by atoms with Crippen LogP contribution in [0.25, 0.3) is 0 Å². The second-order valence-electron chi connectivity index (χ2n) is 4.08. The maximum Gasteiger partial charge on any atom is 0.266 e. The van der Waals surface area contributed by atoms with E-state index in [-0.39, 0.29) is 4.90 Å². The van der Waals surface area contributed by atoms with E-state index in [1.54, 1.807) is 37.3 Å². The van der Waals surface area contributed by atoms with Crippen LogP contribution in [-0.4, -0.2) is 23.9 Å². The number of hydrogen-bond acceptors (Lipinski definition) is 4. The normalized spacial score (nSPS) is 19.8. The highest BCUT2D eigenvalue weighted by molar-refractivity contribution is 7.90. The maximum atomic E-state index is 12.4. The molecule has 1 aliphatic heterocycles. The molecule has 0 amide bonds. The zero-order valence-corrected chi connectivity index (χ0v) is 11.8. The molecule has 0 saturated carbocycles. The van der Waals surface area contributed by atoms with Crippen molar-refractivity contribution in [1.29, 1.82) is 0 Å². The minimum Gasteiger partial charge on any atom is -0.254 e. The van der Waals surface area contributed by atoms with Crippen molar-refractivity contribution in [2.75, 3.05) is 0 Å². The van der Waals surface area contributed by atoms with E-state index in [4.69, 9.17) is 0 Å². The molecule has 4 nitrogen and oxygen atoms in total. The number of sulfonamides is 1. The molecule has 18 heavy (non-hydrogen) atoms. The monoisotopic (exact) mass is 282 g/mol. The summed E-state index contributed by atoms with van der Waals surface area (Å²) in [7, 11) is -3.59. The van der Waals surface area contributed by atoms with Gasteiger partial charge < -0.3 is 0 Å². The first-order chi connectivity index (χ1) is 8.41. The third kappa shape index (κ3) is 2.44. The summed E-state index contributed by atoms with van der Waals surface area (Å²) < 4.78 is 25.9. The van der Waals surface area contributed by atoms with Gasteiger partial charge in [0.2, 0.25) is 0 Å². The van der Waals surface area contributed by atoms with Gasteiger partial charge in [-0.3, -0.25) is 4.99 Å². The van der Waals surface area contributed by atoms with E-state index in [2.05, 4.69) is 17.6 Å². The quantitative estimate of drug-likeness (QED) is 0.845. The summed E-state index contributed by atoms with van der Waals surface area (Å²) in [6.45, 7) is 3.71. The van der Waals surface area contributed by atoms with Gasteiger partial charge in [0.1, 0.15) is 0 Å². The van der Waals surface area contributed by atoms with Gasteiger partial charge in [0.15, 0.2) is 5.50 Å². The van der Waals surface area contributed by atoms with Crippen molar-refractivity contribution in [2.24, 2.45) is 4.99 Å². The van der Waals surface area contributed by atoms with Crippen LogP contribution in [0.15, 0.2) is 46.4 Å². The van der Waals surface area contributed by atoms with E-state index in [9.17, 15) is 8.42 Å². The smallest absolute Gasteiger partial charge is 0.254 e. The first-order valence-electron chi connectivity index (χ1n) is 5.42. The Kier molecular flexibility index (Phi) is 3.49. The zero-order valence-electron chi connectivity index (χ0n) is 10.1. The topological polar surface area (TPSA) is 49.7 Å². The van der Waals surface area contributed by atoms with Crippen molar-refractivity contribution in [1.82, 2.24) is 4.31 Å². The molecule has 1 atom stereocenters. The predicted octanol–water partition coefficient (Wildman–Crippen LogP) is 2.19. The predicted molar refractivity (Wildman–Crippen MR) is 75.2 cm³/mol. The summed E-state index contributed by atoms with van der Waals surface area (Å²) in [5.41, 5.74) is 1.06. The van der Waals surface area contributed by atoms with Gasteiger partial charge in [-0.25, -0.2) is 12.7 Å². The molecule has 1 aliphatic rings. The van der Waals surface area contributed by atoms with Crippen LogP contribution in [0.4, 0.5) is 0 Å². The van der Waals surface area contributed by atoms with Gasteiger partial charge in [0, 0.05) is 11.9 Å². The summed E-state index contributed by atoms with van der Waals surface area (Å²) >= 11 is 4.19. The van der Waals surface area contributed by atoms with Crippen molar-refractivity contribution < 1.29 is 8.42 Å². The van der Waals surface area contributed by atoms with Crippen molar-refractivity contribution in [3.8, 4) is 0 Å². The molecule has 1 unspecified atom stereocenters. The fourth-order valence-electron chi connectivity index (χ4n) is 1.58. The molecule has 1 aromatic carbocycles. The Balaban J connectivity index is 2.38. The Bertz CT molecular complexity index is 603. The molecule has 1 heterocycles. The summed E-state index contributed by atoms with van der Waals surface area (Å²) in [4.78, 5) is 4.36. The van der Waals surface area contributed by atoms with Gasteiger partial charge in [-0.2, -0.15) is 0 Å². The molecule has 0 radical (unpaired) electrons. The lowest BCUT2D eigenvalue weighted by atomic mass is 10.2. The van der Waals surface area contributed by atoms with Gasteiger partial charge in [-0.15, -0.1) is 12.6 Å². The number of nitrogens with zero attached hydrogens (tertiary/aromatic N) is 2. The zero-order chi connectivity index (χ0) is 13.3. The van der Waals surface area contributed by atoms with Crippen LogP contribution >= 0.6 is 12.6 Å². The van der Waals surface area contributed by atoms with Crippen LogP contribution in [-0.2, 0) is 10.0 Å². The molecular formula is C12H14N2O2S2. The first-order valence-corrected chi connectivity index (χ1v) is 7.38. The molecule has 6 heteroatoms. The minimum absolute atomic E-state index is 0.242. The van der Waals surface area contributed by atoms with Crippen LogP contribution in [0.3, 0.4) is 0 Å². The number of rotatable bonds is 2. The highest BCUT2D eigenvalue weighted by Gasteiger charge is 2.27. The van der Waals surface area contributed by atoms with Gasteiger partial charge in [0.05, 0.1) is 4.90 Å². The molecule has 96 valence electrons. The minimum atomic E-state index is -3.59. The highest BCUT2D eigenvalue weighted by Crippen LogP contribution is 2.23. The largest absolute Gasteiger partial charge is 0.266 e. The molecule has 0 saturated heterocycles. The molecular weight excluding hydrogens is 268 g/mol. The van der Waals surface area contributed by atoms with Crippen molar-refractivity contribution in [3.05, 3.63) is 42.1 Å². The van der Waals surface area contributed by atoms with Crippen molar-refractivity contribution in [3.63, 3.8) is 0 Å². The molecule has 0 N–H and O–H groups in total. The van der Waals surface area contributed by atoms with Crippen molar-refractivity contribution >= 4 is 28.4 Å². The Morgan fingerprint density at radius 2 is 1.83 bits per heavy atom. The molecule has 2 rings (SSSR count). The van der Waals surface area contributed by atoms with Crippen LogP contribution in [0.2, 0.25) is 0 Å². The SMILES string of the molecule is CC1=NC(S)N(S(=O)(=O)c2ccc(C)cc2)C=C1. The van der Waals surface area contributed by atoms with Gasteiger partial charge >= 0.3 is 0 Å². The third-order valence-electron chi connectivity index (χ3n) is 2.61. The lowest BCUT2D eigenvalue weighted by molar-refractivity contribution is 0.486. The standard InChI is InChI=1S/C12H14N2O2S2/c1-9-3-5-11(6-4-9)18(15,16)14-8-7-10(2)13-12(14)17/h3-8,12,17H,1-2H3. The highest BCUT2D eigenvalue weighted by atomic mass is 32.2. The third-order valence-corrected chi connectivity index (χ3v) is 4.87. The lowest BCUT2D eigenvalue weighted by Crippen LogP contribution is -2.34. The summed E-state index contributed by atoms with van der Waals surface area (Å²) in [5, 5.41) is 0. The van der Waals surface area contributed by atoms with Gasteiger partial charge in [0.25, 0.3) is 10.0 Å². The Hall–Kier alpha value is -1.27. The number of thiol groups is 1. The van der Waals surface area contributed by atoms with E-state index < -0.39 is 15.5 Å². The lowest BCUT2D eigenvalue weighted by Gasteiger charge is -2.26. The average Bonchev–Trinajstić information content (AvgIpc) is 2.29. The second kappa shape index (κ2) is 4.78. The van der Waals surface area contributed by atoms with E-state index in [0.717, 1.165) is 15.6 Å². The number of hydrogen-bond donors (Lipinski definition) is 1. The Morgan fingerprint density at radius 3 is 2.39 bits per heavy atom. The summed E-state index contributed by atoms with van der Waals surface area (Å²) in [6.07, 6.45) is 3.15. The van der Waals surface area contributed by atoms with Crippen LogP contribution in [0.1, 0.15) is 12.5 Å². The fourth-order valence-corrected chi connectivity index (χ4v) is 3.45. The van der Waals surface area contributed by atoms with Gasteiger partial charge in [-0.1, -0.05) is 17.7 Å². The maximum absolute atomic E-state index is 12.4. The number of allylic oxidation sites excluding steroid dienone is 1. The second-order valence-corrected chi connectivity index (χ2v) is 6.39. The van der Waals surface area contributed by atoms with E-state index >= 15 is 0 Å². The van der Waals surface area contributed by atoms with Crippen LogP contribution in [0.5, 0.6) is 0 Å². The van der Waals surface area contributed by atoms with Crippen LogP contribution < -0.4 is 0 Å². The number of benzene rings is 1. The molecule has 0 aromatic heterocycles. The summed E-state index contributed by atoms with van der Waals surface area (Å²) in [6, 6.07) is 6.71. The average molecular weight is 282 g/mol. The first kappa shape index (κ1) is 13.2. The number of aryl methyl sites for hydroxylation is 1. The number of aliphatic imine (C=N–C) groups is 1. The summed E-state index contributed by atoms with van der Waals surface area (Å²) in [5.74, 6) is 0. The van der Waals surface area contributed by atoms with Crippen molar-refractivity contribution in [2.45, 2.75) is 24.2 Å². The Morgan fingerprint density at radius 1 is 1.22 bits per heavy atom. The van der Waals surface area contributed by atoms with E-state index in [1.165, 1.54) is 6.20 Å². The molecule has 0 fully saturated rings. The molecule has 0 aliphatic carbocycles. The Labute approximate surface area is 112 Å². The molecule has 0 bridgehead atoms.